The van der Waals surface area contributed by atoms with Crippen molar-refractivity contribution in [2.45, 2.75) is 52.5 Å². The number of thioether (sulfide) groups is 1. The Morgan fingerprint density at radius 3 is 2.56 bits per heavy atom. The van der Waals surface area contributed by atoms with Gasteiger partial charge in [-0.25, -0.2) is 0 Å². The minimum atomic E-state index is 0.471. The van der Waals surface area contributed by atoms with Crippen LogP contribution in [0.3, 0.4) is 0 Å². The SMILES string of the molecule is CCC1(CC)CN=C(NC(C)C2CC2)SC1. The maximum atomic E-state index is 4.74. The van der Waals surface area contributed by atoms with E-state index in [1.54, 1.807) is 0 Å². The molecule has 3 heteroatoms. The lowest BCUT2D eigenvalue weighted by Gasteiger charge is -2.34. The van der Waals surface area contributed by atoms with Crippen molar-refractivity contribution in [1.82, 2.24) is 5.32 Å². The van der Waals surface area contributed by atoms with Crippen LogP contribution < -0.4 is 5.32 Å². The fourth-order valence-electron chi connectivity index (χ4n) is 2.23. The molecule has 0 bridgehead atoms. The number of hydrogen-bond acceptors (Lipinski definition) is 3. The first-order valence-corrected chi connectivity index (χ1v) is 7.61. The predicted octanol–water partition coefficient (Wildman–Crippen LogP) is 3.28. The molecule has 1 N–H and O–H groups in total. The van der Waals surface area contributed by atoms with Crippen molar-refractivity contribution in [2.24, 2.45) is 16.3 Å². The predicted molar refractivity (Wildman–Crippen MR) is 73.1 cm³/mol. The summed E-state index contributed by atoms with van der Waals surface area (Å²) in [6.07, 6.45) is 5.32. The molecule has 92 valence electrons. The second-order valence-electron chi connectivity index (χ2n) is 5.39. The molecular weight excluding hydrogens is 216 g/mol. The highest BCUT2D eigenvalue weighted by Gasteiger charge is 2.32. The minimum Gasteiger partial charge on any atom is -0.362 e. The van der Waals surface area contributed by atoms with Crippen LogP contribution >= 0.6 is 11.8 Å². The molecule has 16 heavy (non-hydrogen) atoms. The van der Waals surface area contributed by atoms with Gasteiger partial charge in [0.2, 0.25) is 0 Å². The Bertz CT molecular complexity index is 267. The summed E-state index contributed by atoms with van der Waals surface area (Å²) in [6.45, 7) is 7.91. The molecule has 0 spiro atoms. The van der Waals surface area contributed by atoms with Crippen molar-refractivity contribution in [3.05, 3.63) is 0 Å². The maximum absolute atomic E-state index is 4.74. The van der Waals surface area contributed by atoms with Gasteiger partial charge in [-0.05, 0) is 43.9 Å². The normalized spacial score (nSPS) is 26.1. The Labute approximate surface area is 104 Å². The van der Waals surface area contributed by atoms with E-state index in [9.17, 15) is 0 Å². The molecule has 1 unspecified atom stereocenters. The maximum Gasteiger partial charge on any atom is 0.156 e. The lowest BCUT2D eigenvalue weighted by molar-refractivity contribution is 0.318. The molecule has 1 fully saturated rings. The molecule has 2 rings (SSSR count). The Morgan fingerprint density at radius 1 is 1.44 bits per heavy atom. The Balaban J connectivity index is 1.87. The topological polar surface area (TPSA) is 24.4 Å². The molecule has 0 aromatic carbocycles. The van der Waals surface area contributed by atoms with Gasteiger partial charge in [0.25, 0.3) is 0 Å². The van der Waals surface area contributed by atoms with Gasteiger partial charge in [-0.1, -0.05) is 25.6 Å². The number of rotatable bonds is 4. The fourth-order valence-corrected chi connectivity index (χ4v) is 3.59. The summed E-state index contributed by atoms with van der Waals surface area (Å²) >= 11 is 1.93. The highest BCUT2D eigenvalue weighted by molar-refractivity contribution is 8.13. The van der Waals surface area contributed by atoms with Crippen LogP contribution in [0.25, 0.3) is 0 Å². The number of nitrogens with one attached hydrogen (secondary N) is 1. The van der Waals surface area contributed by atoms with Crippen LogP contribution in [0.15, 0.2) is 4.99 Å². The van der Waals surface area contributed by atoms with Crippen LogP contribution in [-0.2, 0) is 0 Å². The first-order valence-electron chi connectivity index (χ1n) is 6.63. The van der Waals surface area contributed by atoms with Gasteiger partial charge in [-0.15, -0.1) is 0 Å². The van der Waals surface area contributed by atoms with E-state index in [1.807, 2.05) is 11.8 Å². The molecule has 0 aromatic rings. The van der Waals surface area contributed by atoms with Crippen LogP contribution in [-0.4, -0.2) is 23.5 Å². The van der Waals surface area contributed by atoms with Crippen molar-refractivity contribution in [3.8, 4) is 0 Å². The van der Waals surface area contributed by atoms with Gasteiger partial charge in [-0.2, -0.15) is 0 Å². The van der Waals surface area contributed by atoms with Crippen LogP contribution in [0.4, 0.5) is 0 Å². The summed E-state index contributed by atoms with van der Waals surface area (Å²) in [7, 11) is 0. The lowest BCUT2D eigenvalue weighted by Crippen LogP contribution is -2.38. The summed E-state index contributed by atoms with van der Waals surface area (Å²) in [4.78, 5) is 4.74. The van der Waals surface area contributed by atoms with Crippen LogP contribution in [0.2, 0.25) is 0 Å². The monoisotopic (exact) mass is 240 g/mol. The number of amidine groups is 1. The van der Waals surface area contributed by atoms with E-state index >= 15 is 0 Å². The molecule has 1 atom stereocenters. The molecule has 0 saturated heterocycles. The Kier molecular flexibility index (Phi) is 3.83. The molecule has 0 aromatic heterocycles. The van der Waals surface area contributed by atoms with E-state index in [0.717, 1.165) is 12.5 Å². The van der Waals surface area contributed by atoms with E-state index in [0.29, 0.717) is 11.5 Å². The van der Waals surface area contributed by atoms with E-state index in [1.165, 1.54) is 36.6 Å². The molecule has 1 saturated carbocycles. The van der Waals surface area contributed by atoms with E-state index in [2.05, 4.69) is 26.1 Å². The van der Waals surface area contributed by atoms with Gasteiger partial charge < -0.3 is 5.32 Å². The summed E-state index contributed by atoms with van der Waals surface area (Å²) < 4.78 is 0. The molecule has 1 aliphatic heterocycles. The summed E-state index contributed by atoms with van der Waals surface area (Å²) in [6, 6.07) is 0.627. The second-order valence-corrected chi connectivity index (χ2v) is 6.35. The third-order valence-corrected chi connectivity index (χ3v) is 5.53. The standard InChI is InChI=1S/C13H24N2S/c1-4-13(5-2)8-14-12(16-9-13)15-10(3)11-6-7-11/h10-11H,4-9H2,1-3H3,(H,14,15). The van der Waals surface area contributed by atoms with Crippen LogP contribution in [0, 0.1) is 11.3 Å². The summed E-state index contributed by atoms with van der Waals surface area (Å²) in [5, 5.41) is 4.77. The second kappa shape index (κ2) is 4.99. The fraction of sp³-hybridized carbons (Fsp3) is 0.923. The van der Waals surface area contributed by atoms with Gasteiger partial charge in [0.1, 0.15) is 0 Å². The van der Waals surface area contributed by atoms with Gasteiger partial charge in [-0.3, -0.25) is 4.99 Å². The van der Waals surface area contributed by atoms with Crippen molar-refractivity contribution in [3.63, 3.8) is 0 Å². The number of aliphatic imine (C=N–C) groups is 1. The first kappa shape index (κ1) is 12.3. The zero-order chi connectivity index (χ0) is 11.6. The van der Waals surface area contributed by atoms with Gasteiger partial charge in [0.15, 0.2) is 5.17 Å². The van der Waals surface area contributed by atoms with Crippen LogP contribution in [0.1, 0.15) is 46.5 Å². The van der Waals surface area contributed by atoms with E-state index in [4.69, 9.17) is 4.99 Å². The zero-order valence-electron chi connectivity index (χ0n) is 10.8. The third-order valence-electron chi connectivity index (χ3n) is 4.25. The van der Waals surface area contributed by atoms with Crippen LogP contribution in [0.5, 0.6) is 0 Å². The van der Waals surface area contributed by atoms with Crippen molar-refractivity contribution in [1.29, 1.82) is 0 Å². The molecule has 2 aliphatic rings. The van der Waals surface area contributed by atoms with E-state index in [-0.39, 0.29) is 0 Å². The smallest absolute Gasteiger partial charge is 0.156 e. The largest absolute Gasteiger partial charge is 0.362 e. The average Bonchev–Trinajstić information content (AvgIpc) is 3.14. The minimum absolute atomic E-state index is 0.471. The zero-order valence-corrected chi connectivity index (χ0v) is 11.6. The molecule has 1 heterocycles. The van der Waals surface area contributed by atoms with E-state index < -0.39 is 0 Å². The molecule has 2 nitrogen and oxygen atoms in total. The van der Waals surface area contributed by atoms with Crippen molar-refractivity contribution in [2.75, 3.05) is 12.3 Å². The molecular formula is C13H24N2S. The molecule has 0 radical (unpaired) electrons. The number of hydrogen-bond donors (Lipinski definition) is 1. The third kappa shape index (κ3) is 2.73. The molecule has 1 aliphatic carbocycles. The Hall–Kier alpha value is -0.180. The number of nitrogens with zero attached hydrogens (tertiary/aromatic N) is 1. The summed E-state index contributed by atoms with van der Waals surface area (Å²) in [5.41, 5.74) is 0.471. The average molecular weight is 240 g/mol. The van der Waals surface area contributed by atoms with Crippen molar-refractivity contribution < 1.29 is 0 Å². The highest BCUT2D eigenvalue weighted by atomic mass is 32.2. The molecule has 0 amide bonds. The van der Waals surface area contributed by atoms with Gasteiger partial charge in [0, 0.05) is 18.3 Å². The van der Waals surface area contributed by atoms with Gasteiger partial charge >= 0.3 is 0 Å². The highest BCUT2D eigenvalue weighted by Crippen LogP contribution is 2.36. The lowest BCUT2D eigenvalue weighted by atomic mass is 9.84. The Morgan fingerprint density at radius 2 is 2.12 bits per heavy atom. The summed E-state index contributed by atoms with van der Waals surface area (Å²) in [5.74, 6) is 2.15. The first-order chi connectivity index (χ1) is 7.69. The quantitative estimate of drug-likeness (QED) is 0.815. The van der Waals surface area contributed by atoms with Gasteiger partial charge in [0.05, 0.1) is 0 Å². The van der Waals surface area contributed by atoms with Crippen molar-refractivity contribution >= 4 is 16.9 Å².